The number of hydrogen-bond acceptors (Lipinski definition) is 2. The molecule has 21 heavy (non-hydrogen) atoms. The fourth-order valence-corrected chi connectivity index (χ4v) is 4.57. The van der Waals surface area contributed by atoms with Crippen LogP contribution >= 0.6 is 27.3 Å². The summed E-state index contributed by atoms with van der Waals surface area (Å²) in [7, 11) is 0. The lowest BCUT2D eigenvalue weighted by Crippen LogP contribution is -2.58. The van der Waals surface area contributed by atoms with Crippen molar-refractivity contribution < 1.29 is 0 Å². The summed E-state index contributed by atoms with van der Waals surface area (Å²) in [6, 6.07) is 17.5. The first kappa shape index (κ1) is 13.5. The van der Waals surface area contributed by atoms with E-state index >= 15 is 0 Å². The number of hydrogen-bond donors (Lipinski definition) is 1. The minimum Gasteiger partial charge on any atom is -0.315 e. The number of thiophene rings is 1. The summed E-state index contributed by atoms with van der Waals surface area (Å²) in [6.45, 7) is 2.13. The minimum absolute atomic E-state index is 0.244. The summed E-state index contributed by atoms with van der Waals surface area (Å²) in [5.41, 5.74) is 3.16. The quantitative estimate of drug-likeness (QED) is 0.713. The van der Waals surface area contributed by atoms with Crippen molar-refractivity contribution in [3.8, 4) is 0 Å². The van der Waals surface area contributed by atoms with Crippen molar-refractivity contribution in [2.45, 2.75) is 11.8 Å². The smallest absolute Gasteiger partial charge is 0.0345 e. The third-order valence-electron chi connectivity index (χ3n) is 4.45. The van der Waals surface area contributed by atoms with Gasteiger partial charge in [0.25, 0.3) is 0 Å². The highest BCUT2D eigenvalue weighted by atomic mass is 79.9. The van der Waals surface area contributed by atoms with E-state index in [4.69, 9.17) is 0 Å². The van der Waals surface area contributed by atoms with Gasteiger partial charge >= 0.3 is 0 Å². The van der Waals surface area contributed by atoms with Crippen LogP contribution in [0.25, 0.3) is 10.1 Å². The molecule has 1 aromatic heterocycles. The molecule has 4 rings (SSSR count). The minimum atomic E-state index is 0.244. The topological polar surface area (TPSA) is 12.0 Å². The predicted octanol–water partition coefficient (Wildman–Crippen LogP) is 4.75. The van der Waals surface area contributed by atoms with Crippen LogP contribution in [0.2, 0.25) is 0 Å². The summed E-state index contributed by atoms with van der Waals surface area (Å²) in [5.74, 6) is 0. The standard InChI is InChI=1S/C18H16BrNS/c19-15-5-3-4-14(8-15)18(11-20-12-18)9-13-10-21-17-7-2-1-6-16(13)17/h1-8,10,20H,9,11-12H2. The maximum absolute atomic E-state index is 3.61. The zero-order valence-corrected chi connectivity index (χ0v) is 14.0. The monoisotopic (exact) mass is 357 g/mol. The first-order chi connectivity index (χ1) is 10.3. The van der Waals surface area contributed by atoms with Crippen molar-refractivity contribution in [2.24, 2.45) is 0 Å². The van der Waals surface area contributed by atoms with Crippen molar-refractivity contribution >= 4 is 37.4 Å². The van der Waals surface area contributed by atoms with E-state index in [1.807, 2.05) is 11.3 Å². The molecule has 1 aliphatic rings. The number of fused-ring (bicyclic) bond motifs is 1. The molecule has 1 N–H and O–H groups in total. The van der Waals surface area contributed by atoms with Crippen molar-refractivity contribution in [2.75, 3.05) is 13.1 Å². The van der Waals surface area contributed by atoms with Crippen LogP contribution in [0.3, 0.4) is 0 Å². The van der Waals surface area contributed by atoms with E-state index in [0.717, 1.165) is 19.5 Å². The van der Waals surface area contributed by atoms with Gasteiger partial charge in [0.15, 0.2) is 0 Å². The van der Waals surface area contributed by atoms with E-state index in [1.165, 1.54) is 25.7 Å². The molecule has 3 aromatic rings. The van der Waals surface area contributed by atoms with Crippen molar-refractivity contribution in [3.63, 3.8) is 0 Å². The molecular formula is C18H16BrNS. The Morgan fingerprint density at radius 2 is 1.95 bits per heavy atom. The Balaban J connectivity index is 1.74. The third-order valence-corrected chi connectivity index (χ3v) is 5.96. The van der Waals surface area contributed by atoms with E-state index in [1.54, 1.807) is 0 Å². The fraction of sp³-hybridized carbons (Fsp3) is 0.222. The number of rotatable bonds is 3. The van der Waals surface area contributed by atoms with E-state index in [2.05, 4.69) is 75.2 Å². The van der Waals surface area contributed by atoms with Gasteiger partial charge in [0.05, 0.1) is 0 Å². The lowest BCUT2D eigenvalue weighted by molar-refractivity contribution is 0.275. The number of halogens is 1. The molecule has 0 unspecified atom stereocenters. The summed E-state index contributed by atoms with van der Waals surface area (Å²) in [5, 5.41) is 7.22. The molecule has 0 spiro atoms. The maximum Gasteiger partial charge on any atom is 0.0345 e. The number of nitrogens with one attached hydrogen (secondary N) is 1. The average molecular weight is 358 g/mol. The summed E-state index contributed by atoms with van der Waals surface area (Å²) in [6.07, 6.45) is 1.11. The van der Waals surface area contributed by atoms with Gasteiger partial charge < -0.3 is 5.32 Å². The van der Waals surface area contributed by atoms with Crippen LogP contribution in [0.4, 0.5) is 0 Å². The van der Waals surface area contributed by atoms with Gasteiger partial charge in [-0.25, -0.2) is 0 Å². The van der Waals surface area contributed by atoms with E-state index < -0.39 is 0 Å². The summed E-state index contributed by atoms with van der Waals surface area (Å²) in [4.78, 5) is 0. The lowest BCUT2D eigenvalue weighted by Gasteiger charge is -2.43. The predicted molar refractivity (Wildman–Crippen MR) is 94.2 cm³/mol. The van der Waals surface area contributed by atoms with Gasteiger partial charge in [-0.3, -0.25) is 0 Å². The molecule has 1 nitrogen and oxygen atoms in total. The van der Waals surface area contributed by atoms with Gasteiger partial charge in [0.2, 0.25) is 0 Å². The van der Waals surface area contributed by atoms with Gasteiger partial charge in [0.1, 0.15) is 0 Å². The van der Waals surface area contributed by atoms with Crippen LogP contribution in [0, 0.1) is 0 Å². The molecule has 106 valence electrons. The van der Waals surface area contributed by atoms with Crippen LogP contribution in [-0.2, 0) is 11.8 Å². The van der Waals surface area contributed by atoms with Crippen molar-refractivity contribution in [1.29, 1.82) is 0 Å². The maximum atomic E-state index is 3.61. The molecule has 2 heterocycles. The Kier molecular flexibility index (Phi) is 3.37. The van der Waals surface area contributed by atoms with Crippen molar-refractivity contribution in [3.05, 3.63) is 69.5 Å². The second kappa shape index (κ2) is 5.24. The molecule has 1 fully saturated rings. The number of benzene rings is 2. The zero-order chi connectivity index (χ0) is 14.3. The first-order valence-electron chi connectivity index (χ1n) is 7.19. The molecule has 1 aliphatic heterocycles. The van der Waals surface area contributed by atoms with Crippen molar-refractivity contribution in [1.82, 2.24) is 5.32 Å². The Labute approximate surface area is 137 Å². The van der Waals surface area contributed by atoms with E-state index in [0.29, 0.717) is 0 Å². The van der Waals surface area contributed by atoms with E-state index in [-0.39, 0.29) is 5.41 Å². The Bertz CT molecular complexity index is 789. The van der Waals surface area contributed by atoms with Gasteiger partial charge in [0, 0.05) is 27.7 Å². The normalized spacial score (nSPS) is 16.8. The Hall–Kier alpha value is -1.16. The fourth-order valence-electron chi connectivity index (χ4n) is 3.21. The van der Waals surface area contributed by atoms with Crippen LogP contribution in [-0.4, -0.2) is 13.1 Å². The second-order valence-corrected chi connectivity index (χ2v) is 7.66. The van der Waals surface area contributed by atoms with Crippen LogP contribution in [0.1, 0.15) is 11.1 Å². The van der Waals surface area contributed by atoms with Gasteiger partial charge in [-0.1, -0.05) is 46.3 Å². The molecule has 1 saturated heterocycles. The third kappa shape index (κ3) is 2.33. The van der Waals surface area contributed by atoms with Crippen LogP contribution in [0.15, 0.2) is 58.4 Å². The van der Waals surface area contributed by atoms with Gasteiger partial charge in [-0.15, -0.1) is 11.3 Å². The largest absolute Gasteiger partial charge is 0.315 e. The molecule has 0 saturated carbocycles. The molecule has 0 bridgehead atoms. The van der Waals surface area contributed by atoms with Crippen LogP contribution in [0.5, 0.6) is 0 Å². The van der Waals surface area contributed by atoms with Gasteiger partial charge in [-0.2, -0.15) is 0 Å². The molecule has 2 aromatic carbocycles. The molecule has 0 atom stereocenters. The molecule has 0 radical (unpaired) electrons. The average Bonchev–Trinajstić information content (AvgIpc) is 2.86. The second-order valence-electron chi connectivity index (χ2n) is 5.83. The zero-order valence-electron chi connectivity index (χ0n) is 11.6. The highest BCUT2D eigenvalue weighted by Crippen LogP contribution is 2.37. The van der Waals surface area contributed by atoms with Crippen LogP contribution < -0.4 is 5.32 Å². The van der Waals surface area contributed by atoms with E-state index in [9.17, 15) is 0 Å². The SMILES string of the molecule is Brc1cccc(C2(Cc3csc4ccccc34)CNC2)c1. The highest BCUT2D eigenvalue weighted by molar-refractivity contribution is 9.10. The molecule has 0 amide bonds. The molecular weight excluding hydrogens is 342 g/mol. The molecule has 3 heteroatoms. The Morgan fingerprint density at radius 3 is 2.71 bits per heavy atom. The highest BCUT2D eigenvalue weighted by Gasteiger charge is 2.39. The Morgan fingerprint density at radius 1 is 1.10 bits per heavy atom. The molecule has 0 aliphatic carbocycles. The summed E-state index contributed by atoms with van der Waals surface area (Å²) >= 11 is 5.47. The summed E-state index contributed by atoms with van der Waals surface area (Å²) < 4.78 is 2.56. The van der Waals surface area contributed by atoms with Gasteiger partial charge in [-0.05, 0) is 46.5 Å². The first-order valence-corrected chi connectivity index (χ1v) is 8.86. The lowest BCUT2D eigenvalue weighted by atomic mass is 9.71.